The molecular weight excluding hydrogens is 359 g/mol. The first-order valence-electron chi connectivity index (χ1n) is 8.35. The summed E-state index contributed by atoms with van der Waals surface area (Å²) in [4.78, 5) is 14.5. The highest BCUT2D eigenvalue weighted by atomic mass is 32.2. The molecule has 5 heteroatoms. The van der Waals surface area contributed by atoms with Crippen LogP contribution in [0.5, 0.6) is 0 Å². The van der Waals surface area contributed by atoms with Crippen molar-refractivity contribution in [3.8, 4) is 11.1 Å². The number of carbonyl (C=O) groups is 1. The fourth-order valence-electron chi connectivity index (χ4n) is 2.87. The van der Waals surface area contributed by atoms with Crippen molar-refractivity contribution in [2.45, 2.75) is 0 Å². The van der Waals surface area contributed by atoms with E-state index in [0.717, 1.165) is 28.5 Å². The summed E-state index contributed by atoms with van der Waals surface area (Å²) in [6, 6.07) is 23.5. The normalized spacial score (nSPS) is 15.6. The van der Waals surface area contributed by atoms with E-state index in [0.29, 0.717) is 10.6 Å². The predicted molar refractivity (Wildman–Crippen MR) is 109 cm³/mol. The van der Waals surface area contributed by atoms with Gasteiger partial charge in [0.25, 0.3) is 5.91 Å². The van der Waals surface area contributed by atoms with Crippen LogP contribution in [0, 0.1) is 11.2 Å². The summed E-state index contributed by atoms with van der Waals surface area (Å²) in [5.74, 6) is -0.650. The molecule has 0 unspecified atom stereocenters. The Balaban J connectivity index is 1.58. The van der Waals surface area contributed by atoms with Crippen LogP contribution in [0.2, 0.25) is 0 Å². The van der Waals surface area contributed by atoms with Gasteiger partial charge in [0.2, 0.25) is 0 Å². The number of amides is 1. The van der Waals surface area contributed by atoms with E-state index in [1.165, 1.54) is 29.2 Å². The Hall–Kier alpha value is -3.18. The van der Waals surface area contributed by atoms with Gasteiger partial charge in [0, 0.05) is 0 Å². The molecule has 0 spiro atoms. The second-order valence-electron chi connectivity index (χ2n) is 6.02. The summed E-state index contributed by atoms with van der Waals surface area (Å²) in [5, 5.41) is 8.21. The Morgan fingerprint density at radius 2 is 1.48 bits per heavy atom. The van der Waals surface area contributed by atoms with Crippen molar-refractivity contribution >= 4 is 34.6 Å². The van der Waals surface area contributed by atoms with Gasteiger partial charge < -0.3 is 0 Å². The van der Waals surface area contributed by atoms with E-state index >= 15 is 0 Å². The second kappa shape index (κ2) is 7.21. The van der Waals surface area contributed by atoms with Crippen LogP contribution in [-0.4, -0.2) is 11.1 Å². The number of anilines is 1. The van der Waals surface area contributed by atoms with Gasteiger partial charge in [-0.25, -0.2) is 4.39 Å². The molecule has 0 radical (unpaired) electrons. The Morgan fingerprint density at radius 3 is 2.15 bits per heavy atom. The van der Waals surface area contributed by atoms with Crippen molar-refractivity contribution in [2.24, 2.45) is 0 Å². The third kappa shape index (κ3) is 3.55. The van der Waals surface area contributed by atoms with Crippen molar-refractivity contribution in [3.63, 3.8) is 0 Å². The lowest BCUT2D eigenvalue weighted by atomic mass is 10.0. The van der Waals surface area contributed by atoms with Gasteiger partial charge in [0.15, 0.2) is 5.17 Å². The standard InChI is InChI=1S/C22H15FN2OS/c23-18-10-12-19(13-11-18)25-21(26)20(27-22(25)24)14-15-6-8-17(9-7-15)16-4-2-1-3-5-16/h1-14,24H/b20-14-,24-22?. The predicted octanol–water partition coefficient (Wildman–Crippen LogP) is 5.55. The van der Waals surface area contributed by atoms with Crippen molar-refractivity contribution in [1.29, 1.82) is 5.41 Å². The van der Waals surface area contributed by atoms with Gasteiger partial charge in [-0.1, -0.05) is 54.6 Å². The van der Waals surface area contributed by atoms with Crippen LogP contribution in [-0.2, 0) is 4.79 Å². The fraction of sp³-hybridized carbons (Fsp3) is 0. The van der Waals surface area contributed by atoms with Gasteiger partial charge in [-0.3, -0.25) is 15.1 Å². The number of hydrogen-bond donors (Lipinski definition) is 1. The fourth-order valence-corrected chi connectivity index (χ4v) is 3.73. The topological polar surface area (TPSA) is 44.2 Å². The molecule has 132 valence electrons. The lowest BCUT2D eigenvalue weighted by molar-refractivity contribution is -0.113. The van der Waals surface area contributed by atoms with E-state index in [1.54, 1.807) is 6.08 Å². The molecule has 1 fully saturated rings. The molecule has 1 heterocycles. The van der Waals surface area contributed by atoms with E-state index in [4.69, 9.17) is 5.41 Å². The van der Waals surface area contributed by atoms with Crippen LogP contribution >= 0.6 is 11.8 Å². The quantitative estimate of drug-likeness (QED) is 0.611. The molecule has 1 saturated heterocycles. The van der Waals surface area contributed by atoms with Gasteiger partial charge in [0.05, 0.1) is 10.6 Å². The van der Waals surface area contributed by atoms with Gasteiger partial charge in [-0.2, -0.15) is 0 Å². The number of nitrogens with zero attached hydrogens (tertiary/aromatic N) is 1. The summed E-state index contributed by atoms with van der Waals surface area (Å²) in [7, 11) is 0. The van der Waals surface area contributed by atoms with Crippen LogP contribution in [0.15, 0.2) is 83.8 Å². The van der Waals surface area contributed by atoms with E-state index in [-0.39, 0.29) is 16.9 Å². The summed E-state index contributed by atoms with van der Waals surface area (Å²) in [6.45, 7) is 0. The van der Waals surface area contributed by atoms with Crippen LogP contribution in [0.4, 0.5) is 10.1 Å². The highest BCUT2D eigenvalue weighted by molar-refractivity contribution is 8.19. The monoisotopic (exact) mass is 374 g/mol. The van der Waals surface area contributed by atoms with E-state index in [2.05, 4.69) is 0 Å². The zero-order valence-corrected chi connectivity index (χ0v) is 15.0. The highest BCUT2D eigenvalue weighted by Gasteiger charge is 2.33. The second-order valence-corrected chi connectivity index (χ2v) is 7.05. The molecule has 1 amide bonds. The molecule has 1 aliphatic heterocycles. The zero-order chi connectivity index (χ0) is 18.8. The molecule has 27 heavy (non-hydrogen) atoms. The number of rotatable bonds is 3. The van der Waals surface area contributed by atoms with Crippen molar-refractivity contribution in [3.05, 3.63) is 95.1 Å². The molecule has 1 aliphatic rings. The molecule has 3 aromatic rings. The molecule has 4 rings (SSSR count). The Labute approximate surface area is 160 Å². The summed E-state index contributed by atoms with van der Waals surface area (Å²) in [6.07, 6.45) is 1.78. The van der Waals surface area contributed by atoms with Crippen molar-refractivity contribution < 1.29 is 9.18 Å². The number of carbonyl (C=O) groups excluding carboxylic acids is 1. The number of hydrogen-bond acceptors (Lipinski definition) is 3. The molecule has 0 aliphatic carbocycles. The van der Waals surface area contributed by atoms with Crippen LogP contribution in [0.25, 0.3) is 17.2 Å². The van der Waals surface area contributed by atoms with E-state index in [9.17, 15) is 9.18 Å². The first-order valence-corrected chi connectivity index (χ1v) is 9.17. The summed E-state index contributed by atoms with van der Waals surface area (Å²) >= 11 is 1.10. The summed E-state index contributed by atoms with van der Waals surface area (Å²) in [5.41, 5.74) is 3.61. The van der Waals surface area contributed by atoms with Crippen molar-refractivity contribution in [2.75, 3.05) is 4.90 Å². The van der Waals surface area contributed by atoms with Gasteiger partial charge in [-0.15, -0.1) is 0 Å². The molecule has 0 atom stereocenters. The lowest BCUT2D eigenvalue weighted by Gasteiger charge is -2.13. The van der Waals surface area contributed by atoms with Gasteiger partial charge in [0.1, 0.15) is 5.82 Å². The molecular formula is C22H15FN2OS. The van der Waals surface area contributed by atoms with Crippen LogP contribution in [0.3, 0.4) is 0 Å². The smallest absolute Gasteiger partial charge is 0.271 e. The minimum Gasteiger partial charge on any atom is -0.278 e. The lowest BCUT2D eigenvalue weighted by Crippen LogP contribution is -2.28. The SMILES string of the molecule is N=C1S/C(=C\c2ccc(-c3ccccc3)cc2)C(=O)N1c1ccc(F)cc1. The van der Waals surface area contributed by atoms with Gasteiger partial charge in [-0.05, 0) is 58.8 Å². The van der Waals surface area contributed by atoms with Crippen molar-refractivity contribution in [1.82, 2.24) is 0 Å². The Bertz CT molecular complexity index is 1030. The minimum atomic E-state index is -0.376. The number of nitrogens with one attached hydrogen (secondary N) is 1. The third-order valence-electron chi connectivity index (χ3n) is 4.22. The van der Waals surface area contributed by atoms with Crippen LogP contribution in [0.1, 0.15) is 5.56 Å². The average Bonchev–Trinajstić information content (AvgIpc) is 2.97. The molecule has 1 N–H and O–H groups in total. The molecule has 0 saturated carbocycles. The Morgan fingerprint density at radius 1 is 0.852 bits per heavy atom. The maximum Gasteiger partial charge on any atom is 0.271 e. The highest BCUT2D eigenvalue weighted by Crippen LogP contribution is 2.35. The molecule has 0 aromatic heterocycles. The number of thioether (sulfide) groups is 1. The van der Waals surface area contributed by atoms with E-state index in [1.807, 2.05) is 54.6 Å². The largest absolute Gasteiger partial charge is 0.278 e. The summed E-state index contributed by atoms with van der Waals surface area (Å²) < 4.78 is 13.1. The zero-order valence-electron chi connectivity index (χ0n) is 14.2. The first-order chi connectivity index (χ1) is 13.1. The molecule has 0 bridgehead atoms. The van der Waals surface area contributed by atoms with Crippen LogP contribution < -0.4 is 4.90 Å². The average molecular weight is 374 g/mol. The maximum absolute atomic E-state index is 13.1. The van der Waals surface area contributed by atoms with Gasteiger partial charge >= 0.3 is 0 Å². The number of benzene rings is 3. The van der Waals surface area contributed by atoms with E-state index < -0.39 is 0 Å². The first kappa shape index (κ1) is 17.2. The number of amidine groups is 1. The number of halogens is 1. The Kier molecular flexibility index (Phi) is 4.60. The molecule has 3 aromatic carbocycles. The third-order valence-corrected chi connectivity index (χ3v) is 5.11. The molecule has 3 nitrogen and oxygen atoms in total. The minimum absolute atomic E-state index is 0.110. The maximum atomic E-state index is 13.1.